The van der Waals surface area contributed by atoms with E-state index in [4.69, 9.17) is 23.2 Å². The lowest BCUT2D eigenvalue weighted by molar-refractivity contribution is 0.108. The molecule has 4 nitrogen and oxygen atoms in total. The molecule has 0 atom stereocenters. The predicted octanol–water partition coefficient (Wildman–Crippen LogP) is 3.73. The number of thiophene rings is 1. The molecule has 3 aromatic heterocycles. The maximum Gasteiger partial charge on any atom is 0.255 e. The molecule has 0 saturated heterocycles. The van der Waals surface area contributed by atoms with Crippen molar-refractivity contribution in [1.82, 2.24) is 14.8 Å². The number of carbonyl (C=O) groups is 1. The fourth-order valence-corrected chi connectivity index (χ4v) is 3.12. The molecule has 3 rings (SSSR count). The van der Waals surface area contributed by atoms with E-state index in [0.717, 1.165) is 4.88 Å². The van der Waals surface area contributed by atoms with Crippen LogP contribution in [0.25, 0.3) is 21.6 Å². The first-order valence-electron chi connectivity index (χ1n) is 5.34. The highest BCUT2D eigenvalue weighted by Crippen LogP contribution is 2.36. The summed E-state index contributed by atoms with van der Waals surface area (Å²) in [5.41, 5.74) is 1.53. The molecule has 0 bridgehead atoms. The normalized spacial score (nSPS) is 11.1. The van der Waals surface area contributed by atoms with E-state index in [-0.39, 0.29) is 5.56 Å². The highest BCUT2D eigenvalue weighted by atomic mass is 35.5. The smallest absolute Gasteiger partial charge is 0.255 e. The van der Waals surface area contributed by atoms with Crippen molar-refractivity contribution in [3.8, 4) is 10.6 Å². The number of rotatable bonds is 2. The van der Waals surface area contributed by atoms with Crippen molar-refractivity contribution in [1.29, 1.82) is 0 Å². The lowest BCUT2D eigenvalue weighted by Gasteiger charge is -2.01. The standard InChI is InChI=1S/C12H7Cl2N3OS/c1-17-12-8(9(13)6(5-15-12)11(14)18)10(16-17)7-3-2-4-19-7/h2-5H,1H3. The number of halogens is 2. The van der Waals surface area contributed by atoms with Crippen LogP contribution in [0.1, 0.15) is 10.4 Å². The fourth-order valence-electron chi connectivity index (χ4n) is 1.91. The topological polar surface area (TPSA) is 47.8 Å². The molecule has 0 aliphatic heterocycles. The molecule has 0 aromatic carbocycles. The molecule has 0 radical (unpaired) electrons. The molecular formula is C12H7Cl2N3OS. The summed E-state index contributed by atoms with van der Waals surface area (Å²) in [4.78, 5) is 16.5. The Kier molecular flexibility index (Phi) is 3.05. The summed E-state index contributed by atoms with van der Waals surface area (Å²) in [5.74, 6) is 0. The van der Waals surface area contributed by atoms with Crippen molar-refractivity contribution < 1.29 is 4.79 Å². The third-order valence-corrected chi connectivity index (χ3v) is 4.23. The van der Waals surface area contributed by atoms with Gasteiger partial charge in [-0.3, -0.25) is 4.79 Å². The summed E-state index contributed by atoms with van der Waals surface area (Å²) in [7, 11) is 1.78. The summed E-state index contributed by atoms with van der Waals surface area (Å²) in [6, 6.07) is 3.87. The summed E-state index contributed by atoms with van der Waals surface area (Å²) in [6.45, 7) is 0. The number of pyridine rings is 1. The molecule has 0 aliphatic carbocycles. The molecule has 0 fully saturated rings. The van der Waals surface area contributed by atoms with Crippen molar-refractivity contribution in [3.05, 3.63) is 34.3 Å². The second kappa shape index (κ2) is 4.59. The Labute approximate surface area is 122 Å². The molecule has 0 saturated carbocycles. The van der Waals surface area contributed by atoms with E-state index >= 15 is 0 Å². The predicted molar refractivity (Wildman–Crippen MR) is 77.0 cm³/mol. The van der Waals surface area contributed by atoms with Gasteiger partial charge in [0.05, 0.1) is 20.8 Å². The van der Waals surface area contributed by atoms with E-state index in [0.29, 0.717) is 21.7 Å². The summed E-state index contributed by atoms with van der Waals surface area (Å²) >= 11 is 13.3. The van der Waals surface area contributed by atoms with Crippen LogP contribution in [-0.4, -0.2) is 20.0 Å². The number of fused-ring (bicyclic) bond motifs is 1. The van der Waals surface area contributed by atoms with Gasteiger partial charge in [0.1, 0.15) is 5.69 Å². The average Bonchev–Trinajstić information content (AvgIpc) is 2.97. The molecule has 0 amide bonds. The van der Waals surface area contributed by atoms with Gasteiger partial charge in [0, 0.05) is 13.2 Å². The second-order valence-electron chi connectivity index (χ2n) is 3.91. The van der Waals surface area contributed by atoms with Crippen LogP contribution < -0.4 is 0 Å². The average molecular weight is 312 g/mol. The molecule has 3 aromatic rings. The van der Waals surface area contributed by atoms with E-state index in [1.54, 1.807) is 23.1 Å². The third kappa shape index (κ3) is 1.94. The van der Waals surface area contributed by atoms with Crippen LogP contribution in [0, 0.1) is 0 Å². The minimum Gasteiger partial charge on any atom is -0.275 e. The van der Waals surface area contributed by atoms with E-state index in [9.17, 15) is 4.79 Å². The Balaban J connectivity index is 2.41. The van der Waals surface area contributed by atoms with Gasteiger partial charge >= 0.3 is 0 Å². The van der Waals surface area contributed by atoms with Gasteiger partial charge in [0.2, 0.25) is 0 Å². The van der Waals surface area contributed by atoms with Crippen LogP contribution in [-0.2, 0) is 7.05 Å². The van der Waals surface area contributed by atoms with Gasteiger partial charge in [-0.2, -0.15) is 5.10 Å². The highest BCUT2D eigenvalue weighted by Gasteiger charge is 2.20. The van der Waals surface area contributed by atoms with Crippen LogP contribution >= 0.6 is 34.5 Å². The number of hydrogen-bond donors (Lipinski definition) is 0. The molecule has 3 heterocycles. The fraction of sp³-hybridized carbons (Fsp3) is 0.0833. The Hall–Kier alpha value is -1.43. The molecule has 0 unspecified atom stereocenters. The minimum absolute atomic E-state index is 0.196. The maximum absolute atomic E-state index is 11.3. The minimum atomic E-state index is -0.625. The monoisotopic (exact) mass is 311 g/mol. The zero-order chi connectivity index (χ0) is 13.6. The summed E-state index contributed by atoms with van der Waals surface area (Å²) in [6.07, 6.45) is 1.37. The van der Waals surface area contributed by atoms with Gasteiger partial charge in [-0.25, -0.2) is 9.67 Å². The van der Waals surface area contributed by atoms with Crippen molar-refractivity contribution in [2.45, 2.75) is 0 Å². The van der Waals surface area contributed by atoms with E-state index in [1.807, 2.05) is 17.5 Å². The second-order valence-corrected chi connectivity index (χ2v) is 5.58. The molecule has 0 N–H and O–H groups in total. The number of hydrogen-bond acceptors (Lipinski definition) is 4. The number of carbonyl (C=O) groups excluding carboxylic acids is 1. The van der Waals surface area contributed by atoms with Crippen LogP contribution in [0.15, 0.2) is 23.7 Å². The Morgan fingerprint density at radius 2 is 2.26 bits per heavy atom. The molecule has 96 valence electrons. The Morgan fingerprint density at radius 3 is 2.89 bits per heavy atom. The molecule has 0 spiro atoms. The largest absolute Gasteiger partial charge is 0.275 e. The molecular weight excluding hydrogens is 305 g/mol. The molecule has 7 heteroatoms. The first-order chi connectivity index (χ1) is 9.09. The first kappa shape index (κ1) is 12.6. The van der Waals surface area contributed by atoms with Crippen molar-refractivity contribution in [2.75, 3.05) is 0 Å². The third-order valence-electron chi connectivity index (χ3n) is 2.76. The van der Waals surface area contributed by atoms with E-state index < -0.39 is 5.24 Å². The van der Waals surface area contributed by atoms with Crippen molar-refractivity contribution in [3.63, 3.8) is 0 Å². The van der Waals surface area contributed by atoms with Gasteiger partial charge in [0.15, 0.2) is 5.65 Å². The van der Waals surface area contributed by atoms with Crippen LogP contribution in [0.5, 0.6) is 0 Å². The lowest BCUT2D eigenvalue weighted by Crippen LogP contribution is -1.95. The zero-order valence-electron chi connectivity index (χ0n) is 9.72. The zero-order valence-corrected chi connectivity index (χ0v) is 12.1. The number of nitrogens with zero attached hydrogens (tertiary/aromatic N) is 3. The first-order valence-corrected chi connectivity index (χ1v) is 6.98. The van der Waals surface area contributed by atoms with Gasteiger partial charge in [0.25, 0.3) is 5.24 Å². The number of aromatic nitrogens is 3. The quantitative estimate of drug-likeness (QED) is 0.677. The van der Waals surface area contributed by atoms with Crippen LogP contribution in [0.3, 0.4) is 0 Å². The Morgan fingerprint density at radius 1 is 1.47 bits per heavy atom. The molecule has 0 aliphatic rings. The lowest BCUT2D eigenvalue weighted by atomic mass is 10.2. The van der Waals surface area contributed by atoms with Crippen LogP contribution in [0.4, 0.5) is 0 Å². The SMILES string of the molecule is Cn1nc(-c2cccs2)c2c(Cl)c(C(=O)Cl)cnc21. The van der Waals surface area contributed by atoms with Gasteiger partial charge in [-0.05, 0) is 23.0 Å². The Bertz CT molecular complexity index is 780. The number of aryl methyl sites for hydroxylation is 1. The molecule has 19 heavy (non-hydrogen) atoms. The highest BCUT2D eigenvalue weighted by molar-refractivity contribution is 7.13. The van der Waals surface area contributed by atoms with Gasteiger partial charge in [-0.15, -0.1) is 11.3 Å². The van der Waals surface area contributed by atoms with E-state index in [2.05, 4.69) is 10.1 Å². The van der Waals surface area contributed by atoms with E-state index in [1.165, 1.54) is 6.20 Å². The van der Waals surface area contributed by atoms with Gasteiger partial charge in [-0.1, -0.05) is 17.7 Å². The van der Waals surface area contributed by atoms with Crippen molar-refractivity contribution >= 4 is 50.8 Å². The maximum atomic E-state index is 11.3. The summed E-state index contributed by atoms with van der Waals surface area (Å²) < 4.78 is 1.64. The van der Waals surface area contributed by atoms with Crippen molar-refractivity contribution in [2.24, 2.45) is 7.05 Å². The van der Waals surface area contributed by atoms with Gasteiger partial charge < -0.3 is 0 Å². The summed E-state index contributed by atoms with van der Waals surface area (Å²) in [5, 5.41) is 6.69. The van der Waals surface area contributed by atoms with Crippen LogP contribution in [0.2, 0.25) is 5.02 Å².